The van der Waals surface area contributed by atoms with Crippen molar-refractivity contribution in [2.24, 2.45) is 0 Å². The predicted molar refractivity (Wildman–Crippen MR) is 52.3 cm³/mol. The van der Waals surface area contributed by atoms with Gasteiger partial charge in [-0.2, -0.15) is 8.42 Å². The standard InChI is InChI=1S/C7H13NO.H2O4S/c1-5(2)7(9)8-6(3)4;1-5(2,3)4/h6H,1H2,2-4H3,(H,8,9);(H2,1,2,3,4). The fourth-order valence-electron chi connectivity index (χ4n) is 0.385. The molecule has 0 atom stereocenters. The minimum atomic E-state index is -4.67. The average Bonchev–Trinajstić information content (AvgIpc) is 1.80. The van der Waals surface area contributed by atoms with Crippen LogP contribution in [0.1, 0.15) is 20.8 Å². The summed E-state index contributed by atoms with van der Waals surface area (Å²) in [6, 6.07) is 0.203. The van der Waals surface area contributed by atoms with E-state index in [2.05, 4.69) is 11.9 Å². The first-order valence-electron chi connectivity index (χ1n) is 3.70. The molecule has 6 nitrogen and oxygen atoms in total. The van der Waals surface area contributed by atoms with Crippen LogP contribution in [0.4, 0.5) is 0 Å². The molecule has 0 aliphatic carbocycles. The van der Waals surface area contributed by atoms with E-state index >= 15 is 0 Å². The van der Waals surface area contributed by atoms with Crippen LogP contribution in [0, 0.1) is 0 Å². The van der Waals surface area contributed by atoms with Gasteiger partial charge in [0.25, 0.3) is 0 Å². The van der Waals surface area contributed by atoms with Gasteiger partial charge in [0.05, 0.1) is 0 Å². The lowest BCUT2D eigenvalue weighted by atomic mass is 10.3. The molecule has 14 heavy (non-hydrogen) atoms. The highest BCUT2D eigenvalue weighted by Gasteiger charge is 2.00. The highest BCUT2D eigenvalue weighted by molar-refractivity contribution is 7.79. The number of nitrogens with one attached hydrogen (secondary N) is 1. The molecule has 84 valence electrons. The summed E-state index contributed by atoms with van der Waals surface area (Å²) in [5, 5.41) is 2.70. The van der Waals surface area contributed by atoms with Crippen molar-refractivity contribution in [3.05, 3.63) is 12.2 Å². The monoisotopic (exact) mass is 225 g/mol. The quantitative estimate of drug-likeness (QED) is 0.467. The first-order chi connectivity index (χ1) is 6.04. The Morgan fingerprint density at radius 1 is 1.36 bits per heavy atom. The SMILES string of the molecule is C=C(C)C(=O)NC(C)C.O=S(=O)(O)O. The van der Waals surface area contributed by atoms with Gasteiger partial charge in [-0.3, -0.25) is 13.9 Å². The third-order valence-electron chi connectivity index (χ3n) is 0.807. The molecule has 0 aromatic carbocycles. The molecular weight excluding hydrogens is 210 g/mol. The lowest BCUT2D eigenvalue weighted by Crippen LogP contribution is -2.30. The van der Waals surface area contributed by atoms with Gasteiger partial charge in [0.2, 0.25) is 5.91 Å². The van der Waals surface area contributed by atoms with Gasteiger partial charge in [-0.1, -0.05) is 6.58 Å². The van der Waals surface area contributed by atoms with Gasteiger partial charge >= 0.3 is 10.4 Å². The maximum absolute atomic E-state index is 10.7. The zero-order chi connectivity index (χ0) is 11.9. The van der Waals surface area contributed by atoms with Gasteiger partial charge in [-0.15, -0.1) is 0 Å². The highest BCUT2D eigenvalue weighted by Crippen LogP contribution is 1.87. The second kappa shape index (κ2) is 6.52. The molecule has 0 saturated heterocycles. The van der Waals surface area contributed by atoms with E-state index in [0.29, 0.717) is 5.57 Å². The Balaban J connectivity index is 0. The second-order valence-corrected chi connectivity index (χ2v) is 3.75. The molecule has 0 aromatic rings. The summed E-state index contributed by atoms with van der Waals surface area (Å²) in [6.07, 6.45) is 0. The normalized spacial score (nSPS) is 10.1. The molecule has 0 unspecified atom stereocenters. The Labute approximate surface area is 83.6 Å². The molecule has 1 amide bonds. The Morgan fingerprint density at radius 2 is 1.64 bits per heavy atom. The van der Waals surface area contributed by atoms with E-state index in [1.165, 1.54) is 0 Å². The number of carbonyl (C=O) groups is 1. The van der Waals surface area contributed by atoms with E-state index in [0.717, 1.165) is 0 Å². The smallest absolute Gasteiger partial charge is 0.350 e. The molecule has 3 N–H and O–H groups in total. The van der Waals surface area contributed by atoms with Crippen molar-refractivity contribution < 1.29 is 22.3 Å². The average molecular weight is 225 g/mol. The first kappa shape index (κ1) is 15.5. The number of rotatable bonds is 2. The van der Waals surface area contributed by atoms with E-state index in [4.69, 9.17) is 17.5 Å². The molecule has 0 aromatic heterocycles. The predicted octanol–water partition coefficient (Wildman–Crippen LogP) is 0.434. The Kier molecular flexibility index (Phi) is 7.24. The van der Waals surface area contributed by atoms with Gasteiger partial charge in [0.15, 0.2) is 0 Å². The van der Waals surface area contributed by atoms with Gasteiger partial charge < -0.3 is 5.32 Å². The fourth-order valence-corrected chi connectivity index (χ4v) is 0.385. The van der Waals surface area contributed by atoms with Crippen LogP contribution >= 0.6 is 0 Å². The van der Waals surface area contributed by atoms with Crippen molar-refractivity contribution in [3.63, 3.8) is 0 Å². The van der Waals surface area contributed by atoms with Gasteiger partial charge in [0, 0.05) is 11.6 Å². The summed E-state index contributed by atoms with van der Waals surface area (Å²) in [4.78, 5) is 10.7. The van der Waals surface area contributed by atoms with Crippen molar-refractivity contribution in [1.29, 1.82) is 0 Å². The van der Waals surface area contributed by atoms with Crippen LogP contribution in [0.3, 0.4) is 0 Å². The molecule has 7 heteroatoms. The maximum atomic E-state index is 10.7. The van der Waals surface area contributed by atoms with Crippen molar-refractivity contribution in [2.75, 3.05) is 0 Å². The molecule has 0 rings (SSSR count). The van der Waals surface area contributed by atoms with Gasteiger partial charge in [-0.05, 0) is 20.8 Å². The van der Waals surface area contributed by atoms with E-state index < -0.39 is 10.4 Å². The van der Waals surface area contributed by atoms with Crippen molar-refractivity contribution in [1.82, 2.24) is 5.32 Å². The third-order valence-corrected chi connectivity index (χ3v) is 0.807. The summed E-state index contributed by atoms with van der Waals surface area (Å²) in [5.74, 6) is -0.0648. The van der Waals surface area contributed by atoms with Crippen LogP contribution in [0.15, 0.2) is 12.2 Å². The highest BCUT2D eigenvalue weighted by atomic mass is 32.3. The third kappa shape index (κ3) is 22.5. The van der Waals surface area contributed by atoms with Crippen LogP contribution in [0.25, 0.3) is 0 Å². The molecule has 0 spiro atoms. The largest absolute Gasteiger partial charge is 0.394 e. The van der Waals surface area contributed by atoms with Crippen LogP contribution in [-0.2, 0) is 15.2 Å². The van der Waals surface area contributed by atoms with Crippen LogP contribution in [0.2, 0.25) is 0 Å². The minimum absolute atomic E-state index is 0.0648. The number of hydrogen-bond donors (Lipinski definition) is 3. The molecule has 0 aliphatic heterocycles. The summed E-state index contributed by atoms with van der Waals surface area (Å²) in [6.45, 7) is 9.02. The first-order valence-corrected chi connectivity index (χ1v) is 5.10. The van der Waals surface area contributed by atoms with E-state index in [1.807, 2.05) is 13.8 Å². The van der Waals surface area contributed by atoms with Crippen LogP contribution in [0.5, 0.6) is 0 Å². The summed E-state index contributed by atoms with van der Waals surface area (Å²) in [7, 11) is -4.67. The Bertz CT molecular complexity index is 285. The molecule has 0 fully saturated rings. The second-order valence-electron chi connectivity index (χ2n) is 2.86. The van der Waals surface area contributed by atoms with E-state index in [1.54, 1.807) is 6.92 Å². The lowest BCUT2D eigenvalue weighted by Gasteiger charge is -2.06. The zero-order valence-electron chi connectivity index (χ0n) is 8.31. The Hall–Kier alpha value is -0.920. The van der Waals surface area contributed by atoms with Gasteiger partial charge in [-0.25, -0.2) is 0 Å². The fraction of sp³-hybridized carbons (Fsp3) is 0.571. The van der Waals surface area contributed by atoms with Crippen molar-refractivity contribution in [3.8, 4) is 0 Å². The van der Waals surface area contributed by atoms with Crippen LogP contribution in [-0.4, -0.2) is 29.5 Å². The molecule has 0 aliphatic rings. The van der Waals surface area contributed by atoms with Gasteiger partial charge in [0.1, 0.15) is 0 Å². The molecule has 0 heterocycles. The number of hydrogen-bond acceptors (Lipinski definition) is 3. The number of amides is 1. The topological polar surface area (TPSA) is 104 Å². The molecule has 0 saturated carbocycles. The molecule has 0 bridgehead atoms. The van der Waals surface area contributed by atoms with Crippen molar-refractivity contribution in [2.45, 2.75) is 26.8 Å². The minimum Gasteiger partial charge on any atom is -0.350 e. The van der Waals surface area contributed by atoms with E-state index in [9.17, 15) is 4.79 Å². The summed E-state index contributed by atoms with van der Waals surface area (Å²) < 4.78 is 31.6. The van der Waals surface area contributed by atoms with Crippen molar-refractivity contribution >= 4 is 16.3 Å². The zero-order valence-corrected chi connectivity index (χ0v) is 9.13. The summed E-state index contributed by atoms with van der Waals surface area (Å²) >= 11 is 0. The van der Waals surface area contributed by atoms with E-state index in [-0.39, 0.29) is 11.9 Å². The maximum Gasteiger partial charge on any atom is 0.394 e. The Morgan fingerprint density at radius 3 is 1.71 bits per heavy atom. The number of carbonyl (C=O) groups excluding carboxylic acids is 1. The molecular formula is C7H15NO5S. The van der Waals surface area contributed by atoms with Crippen LogP contribution < -0.4 is 5.32 Å². The lowest BCUT2D eigenvalue weighted by molar-refractivity contribution is -0.117. The molecule has 0 radical (unpaired) electrons. The summed E-state index contributed by atoms with van der Waals surface area (Å²) in [5.41, 5.74) is 0.559.